The van der Waals surface area contributed by atoms with Crippen molar-refractivity contribution < 1.29 is 28.3 Å². The van der Waals surface area contributed by atoms with E-state index in [2.05, 4.69) is 35.0 Å². The van der Waals surface area contributed by atoms with E-state index in [0.717, 1.165) is 84.8 Å². The minimum Gasteiger partial charge on any atom is -0.494 e. The molecule has 6 rings (SSSR count). The van der Waals surface area contributed by atoms with Crippen molar-refractivity contribution in [1.82, 2.24) is 0 Å². The van der Waals surface area contributed by atoms with Gasteiger partial charge in [0.2, 0.25) is 12.5 Å². The average molecular weight is 499 g/mol. The molecule has 2 aliphatic rings. The molecule has 0 fully saturated rings. The number of unbranched alkanes of at least 4 members (excludes halogenated alkanes) is 3. The second kappa shape index (κ2) is 10.6. The van der Waals surface area contributed by atoms with Crippen molar-refractivity contribution in [2.24, 2.45) is 0 Å². The maximum absolute atomic E-state index is 6.33. The van der Waals surface area contributed by atoms with Crippen molar-refractivity contribution in [3.8, 4) is 40.0 Å². The monoisotopic (exact) mass is 498 g/mol. The third kappa shape index (κ3) is 4.88. The van der Waals surface area contributed by atoms with Crippen molar-refractivity contribution in [3.05, 3.63) is 72.4 Å². The van der Waals surface area contributed by atoms with Gasteiger partial charge in [-0.1, -0.05) is 18.2 Å². The summed E-state index contributed by atoms with van der Waals surface area (Å²) in [6.07, 6.45) is 7.40. The van der Waals surface area contributed by atoms with Gasteiger partial charge in [0.15, 0.2) is 35.7 Å². The molecule has 0 aliphatic carbocycles. The smallest absolute Gasteiger partial charge is 0.231 e. The molecule has 0 radical (unpaired) electrons. The van der Waals surface area contributed by atoms with Crippen LogP contribution >= 0.6 is 0 Å². The molecule has 3 aromatic carbocycles. The third-order valence-corrected chi connectivity index (χ3v) is 7.09. The number of ether oxygens (including phenoxy) is 5. The van der Waals surface area contributed by atoms with E-state index in [1.165, 1.54) is 16.8 Å². The molecule has 6 nitrogen and oxygen atoms in total. The van der Waals surface area contributed by atoms with Gasteiger partial charge in [0.05, 0.1) is 31.3 Å². The molecule has 3 heterocycles. The first-order valence-electron chi connectivity index (χ1n) is 13.1. The summed E-state index contributed by atoms with van der Waals surface area (Å²) >= 11 is 0. The van der Waals surface area contributed by atoms with E-state index < -0.39 is 0 Å². The van der Waals surface area contributed by atoms with Gasteiger partial charge in [-0.3, -0.25) is 0 Å². The molecule has 0 bridgehead atoms. The lowest BCUT2D eigenvalue weighted by molar-refractivity contribution is -0.686. The van der Waals surface area contributed by atoms with E-state index >= 15 is 0 Å². The molecule has 2 aliphatic heterocycles. The molecule has 0 N–H and O–H groups in total. The predicted octanol–water partition coefficient (Wildman–Crippen LogP) is 6.11. The van der Waals surface area contributed by atoms with Gasteiger partial charge >= 0.3 is 0 Å². The van der Waals surface area contributed by atoms with E-state index in [-0.39, 0.29) is 6.79 Å². The van der Waals surface area contributed by atoms with Gasteiger partial charge in [-0.2, -0.15) is 4.57 Å². The molecule has 0 spiro atoms. The zero-order chi connectivity index (χ0) is 25.0. The third-order valence-electron chi connectivity index (χ3n) is 7.09. The van der Waals surface area contributed by atoms with Gasteiger partial charge in [0, 0.05) is 12.5 Å². The van der Waals surface area contributed by atoms with E-state index in [9.17, 15) is 0 Å². The summed E-state index contributed by atoms with van der Waals surface area (Å²) in [5.41, 5.74) is 3.68. The van der Waals surface area contributed by atoms with Crippen LogP contribution in [0.25, 0.3) is 22.0 Å². The van der Waals surface area contributed by atoms with Crippen molar-refractivity contribution in [2.75, 3.05) is 27.1 Å². The van der Waals surface area contributed by atoms with Gasteiger partial charge in [0.25, 0.3) is 0 Å². The molecule has 0 unspecified atom stereocenters. The highest BCUT2D eigenvalue weighted by Gasteiger charge is 2.28. The Labute approximate surface area is 217 Å². The first-order chi connectivity index (χ1) is 18.3. The molecule has 6 heteroatoms. The lowest BCUT2D eigenvalue weighted by Crippen LogP contribution is -2.40. The fourth-order valence-electron chi connectivity index (χ4n) is 5.15. The molecular formula is C31H32NO5+. The number of methoxy groups -OCH3 is 1. The Morgan fingerprint density at radius 3 is 2.43 bits per heavy atom. The van der Waals surface area contributed by atoms with Gasteiger partial charge in [-0.25, -0.2) is 0 Å². The fourth-order valence-corrected chi connectivity index (χ4v) is 5.15. The quantitative estimate of drug-likeness (QED) is 0.195. The first kappa shape index (κ1) is 23.5. The van der Waals surface area contributed by atoms with E-state index in [1.807, 2.05) is 36.4 Å². The Bertz CT molecular complexity index is 1400. The average Bonchev–Trinajstić information content (AvgIpc) is 3.40. The largest absolute Gasteiger partial charge is 0.494 e. The van der Waals surface area contributed by atoms with Crippen molar-refractivity contribution in [2.45, 2.75) is 38.6 Å². The second-order valence-corrected chi connectivity index (χ2v) is 9.49. The van der Waals surface area contributed by atoms with Crippen LogP contribution in [-0.2, 0) is 13.0 Å². The second-order valence-electron chi connectivity index (χ2n) is 9.49. The van der Waals surface area contributed by atoms with Crippen LogP contribution in [0.3, 0.4) is 0 Å². The van der Waals surface area contributed by atoms with Gasteiger partial charge in [-0.15, -0.1) is 0 Å². The minimum absolute atomic E-state index is 0.290. The highest BCUT2D eigenvalue weighted by Crippen LogP contribution is 2.41. The van der Waals surface area contributed by atoms with Crippen molar-refractivity contribution in [1.29, 1.82) is 0 Å². The maximum atomic E-state index is 6.33. The van der Waals surface area contributed by atoms with Crippen LogP contribution < -0.4 is 28.3 Å². The van der Waals surface area contributed by atoms with Crippen LogP contribution in [0.2, 0.25) is 0 Å². The van der Waals surface area contributed by atoms with Gasteiger partial charge in [0.1, 0.15) is 5.75 Å². The summed E-state index contributed by atoms with van der Waals surface area (Å²) in [6, 6.07) is 20.6. The molecular weight excluding hydrogens is 466 g/mol. The Kier molecular flexibility index (Phi) is 6.72. The van der Waals surface area contributed by atoms with Crippen molar-refractivity contribution in [3.63, 3.8) is 0 Å². The highest BCUT2D eigenvalue weighted by molar-refractivity contribution is 5.91. The molecule has 0 atom stereocenters. The summed E-state index contributed by atoms with van der Waals surface area (Å²) in [5.74, 6) is 4.18. The summed E-state index contributed by atoms with van der Waals surface area (Å²) in [7, 11) is 1.70. The Morgan fingerprint density at radius 1 is 0.838 bits per heavy atom. The SMILES string of the molecule is COc1ccc2cc3[n+](cc2c1OCCCCCCOc1ccccc1)CCc1cc2c(cc1-3)OCO2. The zero-order valence-corrected chi connectivity index (χ0v) is 21.2. The normalized spacial score (nSPS) is 13.2. The number of aryl methyl sites for hydroxylation is 2. The number of hydrogen-bond donors (Lipinski definition) is 0. The highest BCUT2D eigenvalue weighted by atomic mass is 16.7. The lowest BCUT2D eigenvalue weighted by Gasteiger charge is -2.18. The number of aromatic nitrogens is 1. The van der Waals surface area contributed by atoms with E-state index in [1.54, 1.807) is 7.11 Å². The minimum atomic E-state index is 0.290. The molecule has 0 saturated carbocycles. The Balaban J connectivity index is 1.13. The topological polar surface area (TPSA) is 50.0 Å². The fraction of sp³-hybridized carbons (Fsp3) is 0.323. The zero-order valence-electron chi connectivity index (χ0n) is 21.2. The number of nitrogens with zero attached hydrogens (tertiary/aromatic N) is 1. The maximum Gasteiger partial charge on any atom is 0.231 e. The summed E-state index contributed by atoms with van der Waals surface area (Å²) < 4.78 is 31.3. The Morgan fingerprint density at radius 2 is 1.62 bits per heavy atom. The molecule has 0 saturated heterocycles. The van der Waals surface area contributed by atoms with Crippen LogP contribution in [0.4, 0.5) is 0 Å². The summed E-state index contributed by atoms with van der Waals surface area (Å²) in [4.78, 5) is 0. The van der Waals surface area contributed by atoms with Crippen LogP contribution in [0.15, 0.2) is 66.9 Å². The molecule has 1 aromatic heterocycles. The molecule has 37 heavy (non-hydrogen) atoms. The van der Waals surface area contributed by atoms with Crippen LogP contribution in [0.1, 0.15) is 31.2 Å². The lowest BCUT2D eigenvalue weighted by atomic mass is 9.95. The summed E-state index contributed by atoms with van der Waals surface area (Å²) in [5, 5.41) is 2.20. The first-order valence-corrected chi connectivity index (χ1v) is 13.1. The van der Waals surface area contributed by atoms with Crippen LogP contribution in [0.5, 0.6) is 28.7 Å². The van der Waals surface area contributed by atoms with Crippen LogP contribution in [-0.4, -0.2) is 27.1 Å². The van der Waals surface area contributed by atoms with E-state index in [4.69, 9.17) is 23.7 Å². The number of hydrogen-bond acceptors (Lipinski definition) is 5. The Hall–Kier alpha value is -3.93. The van der Waals surface area contributed by atoms with Crippen molar-refractivity contribution >= 4 is 10.8 Å². The number of fused-ring (bicyclic) bond motifs is 5. The van der Waals surface area contributed by atoms with E-state index in [0.29, 0.717) is 6.61 Å². The predicted molar refractivity (Wildman–Crippen MR) is 142 cm³/mol. The van der Waals surface area contributed by atoms with Gasteiger partial charge < -0.3 is 23.7 Å². The number of benzene rings is 3. The molecule has 190 valence electrons. The standard InChI is InChI=1S/C31H32NO5/c1-33-28-12-11-22-17-27-25-19-30-29(36-21-37-30)18-23(25)13-14-32(27)20-26(22)31(28)35-16-8-3-2-7-15-34-24-9-5-4-6-10-24/h4-6,9-12,17-20H,2-3,7-8,13-16,21H2,1H3/q+1. The number of rotatable bonds is 10. The van der Waals surface area contributed by atoms with Crippen LogP contribution in [0, 0.1) is 0 Å². The number of pyridine rings is 1. The summed E-state index contributed by atoms with van der Waals surface area (Å²) in [6.45, 7) is 2.59. The number of para-hydroxylation sites is 1. The van der Waals surface area contributed by atoms with Gasteiger partial charge in [-0.05, 0) is 73.0 Å². The molecule has 4 aromatic rings. The molecule has 0 amide bonds.